The minimum Gasteiger partial charge on any atom is -0.368 e. The lowest BCUT2D eigenvalue weighted by atomic mass is 10.2. The van der Waals surface area contributed by atoms with Gasteiger partial charge in [0.2, 0.25) is 0 Å². The second-order valence-corrected chi connectivity index (χ2v) is 5.43. The van der Waals surface area contributed by atoms with Crippen LogP contribution in [0.3, 0.4) is 0 Å². The molecule has 1 rings (SSSR count). The van der Waals surface area contributed by atoms with E-state index in [1.807, 2.05) is 13.2 Å². The fourth-order valence-electron chi connectivity index (χ4n) is 1.57. The molecule has 0 saturated carbocycles. The van der Waals surface area contributed by atoms with Crippen molar-refractivity contribution in [1.82, 2.24) is 4.98 Å². The number of nitrogens with one attached hydrogen (secondary N) is 2. The molecule has 0 radical (unpaired) electrons. The molecule has 0 spiro atoms. The van der Waals surface area contributed by atoms with E-state index in [9.17, 15) is 8.78 Å². The van der Waals surface area contributed by atoms with Crippen molar-refractivity contribution in [1.29, 1.82) is 0 Å². The lowest BCUT2D eigenvalue weighted by molar-refractivity contribution is 0.575. The standard InChI is InChI=1S/C13H21F2N3S/c1-4-5-16-12-10(14)6-11(15)13(18-12)17-7-9(2)8-19-3/h6,9H,4-5,7-8H2,1-3H3,(H2,16,17,18). The van der Waals surface area contributed by atoms with Gasteiger partial charge in [0.05, 0.1) is 0 Å². The third kappa shape index (κ3) is 5.22. The van der Waals surface area contributed by atoms with Gasteiger partial charge in [-0.2, -0.15) is 11.8 Å². The van der Waals surface area contributed by atoms with Crippen LogP contribution in [0.15, 0.2) is 6.07 Å². The van der Waals surface area contributed by atoms with Crippen molar-refractivity contribution < 1.29 is 8.78 Å². The van der Waals surface area contributed by atoms with Gasteiger partial charge in [-0.25, -0.2) is 13.8 Å². The second kappa shape index (κ2) is 8.19. The van der Waals surface area contributed by atoms with Gasteiger partial charge in [-0.15, -0.1) is 0 Å². The van der Waals surface area contributed by atoms with E-state index < -0.39 is 11.6 Å². The van der Waals surface area contributed by atoms with Gasteiger partial charge < -0.3 is 10.6 Å². The van der Waals surface area contributed by atoms with Crippen LogP contribution in [0.4, 0.5) is 20.4 Å². The molecule has 0 bridgehead atoms. The van der Waals surface area contributed by atoms with Crippen LogP contribution in [0.1, 0.15) is 20.3 Å². The Balaban J connectivity index is 2.71. The first kappa shape index (κ1) is 16.0. The van der Waals surface area contributed by atoms with E-state index in [0.717, 1.165) is 18.2 Å². The van der Waals surface area contributed by atoms with E-state index in [1.54, 1.807) is 11.8 Å². The van der Waals surface area contributed by atoms with E-state index in [1.165, 1.54) is 0 Å². The van der Waals surface area contributed by atoms with Crippen LogP contribution in [0.2, 0.25) is 0 Å². The van der Waals surface area contributed by atoms with E-state index in [0.29, 0.717) is 19.0 Å². The number of thioether (sulfide) groups is 1. The molecule has 0 amide bonds. The molecule has 0 aliphatic rings. The Labute approximate surface area is 117 Å². The number of hydrogen-bond donors (Lipinski definition) is 2. The molecule has 1 heterocycles. The highest BCUT2D eigenvalue weighted by molar-refractivity contribution is 7.98. The van der Waals surface area contributed by atoms with Crippen molar-refractivity contribution in [3.05, 3.63) is 17.7 Å². The summed E-state index contributed by atoms with van der Waals surface area (Å²) >= 11 is 1.74. The Morgan fingerprint density at radius 3 is 2.47 bits per heavy atom. The maximum atomic E-state index is 13.6. The van der Waals surface area contributed by atoms with Gasteiger partial charge in [0.1, 0.15) is 0 Å². The predicted molar refractivity (Wildman–Crippen MR) is 79.0 cm³/mol. The number of rotatable bonds is 8. The second-order valence-electron chi connectivity index (χ2n) is 4.52. The molecule has 1 unspecified atom stereocenters. The first-order valence-electron chi connectivity index (χ1n) is 6.41. The van der Waals surface area contributed by atoms with Gasteiger partial charge in [-0.05, 0) is 24.3 Å². The summed E-state index contributed by atoms with van der Waals surface area (Å²) in [6.07, 6.45) is 2.88. The van der Waals surface area contributed by atoms with Gasteiger partial charge in [-0.3, -0.25) is 0 Å². The van der Waals surface area contributed by atoms with Crippen LogP contribution in [0.5, 0.6) is 0 Å². The summed E-state index contributed by atoms with van der Waals surface area (Å²) in [5.41, 5.74) is 0. The molecule has 0 aromatic carbocycles. The first-order chi connectivity index (χ1) is 9.08. The van der Waals surface area contributed by atoms with Crippen molar-refractivity contribution >= 4 is 23.4 Å². The zero-order valence-electron chi connectivity index (χ0n) is 11.6. The highest BCUT2D eigenvalue weighted by Gasteiger charge is 2.12. The van der Waals surface area contributed by atoms with E-state index in [4.69, 9.17) is 0 Å². The molecular formula is C13H21F2N3S. The summed E-state index contributed by atoms with van der Waals surface area (Å²) < 4.78 is 27.1. The van der Waals surface area contributed by atoms with E-state index >= 15 is 0 Å². The van der Waals surface area contributed by atoms with E-state index in [-0.39, 0.29) is 11.6 Å². The van der Waals surface area contributed by atoms with Crippen LogP contribution < -0.4 is 10.6 Å². The molecule has 0 aliphatic carbocycles. The normalized spacial score (nSPS) is 12.3. The Kier molecular flexibility index (Phi) is 6.91. The molecule has 1 atom stereocenters. The van der Waals surface area contributed by atoms with Gasteiger partial charge in [-0.1, -0.05) is 13.8 Å². The Hall–Kier alpha value is -1.04. The van der Waals surface area contributed by atoms with Gasteiger partial charge in [0.25, 0.3) is 0 Å². The third-order valence-corrected chi connectivity index (χ3v) is 3.44. The van der Waals surface area contributed by atoms with Crippen molar-refractivity contribution in [2.45, 2.75) is 20.3 Å². The van der Waals surface area contributed by atoms with Gasteiger partial charge >= 0.3 is 0 Å². The molecule has 0 aliphatic heterocycles. The maximum Gasteiger partial charge on any atom is 0.168 e. The molecule has 108 valence electrons. The summed E-state index contributed by atoms with van der Waals surface area (Å²) in [4.78, 5) is 3.96. The minimum atomic E-state index is -0.659. The number of anilines is 2. The average molecular weight is 289 g/mol. The summed E-state index contributed by atoms with van der Waals surface area (Å²) in [5.74, 6) is 0.269. The molecule has 6 heteroatoms. The van der Waals surface area contributed by atoms with Crippen LogP contribution >= 0.6 is 11.8 Å². The van der Waals surface area contributed by atoms with Crippen LogP contribution in [0, 0.1) is 17.6 Å². The molecule has 0 fully saturated rings. The SMILES string of the molecule is CCCNc1nc(NCC(C)CSC)c(F)cc1F. The largest absolute Gasteiger partial charge is 0.368 e. The zero-order valence-corrected chi connectivity index (χ0v) is 12.4. The molecule has 1 aromatic rings. The number of nitrogens with zero attached hydrogens (tertiary/aromatic N) is 1. The highest BCUT2D eigenvalue weighted by Crippen LogP contribution is 2.19. The fourth-order valence-corrected chi connectivity index (χ4v) is 2.26. The summed E-state index contributed by atoms with van der Waals surface area (Å²) in [6.45, 7) is 5.26. The third-order valence-electron chi connectivity index (χ3n) is 2.54. The van der Waals surface area contributed by atoms with Crippen molar-refractivity contribution in [3.8, 4) is 0 Å². The Morgan fingerprint density at radius 2 is 1.89 bits per heavy atom. The highest BCUT2D eigenvalue weighted by atomic mass is 32.2. The quantitative estimate of drug-likeness (QED) is 0.767. The molecular weight excluding hydrogens is 268 g/mol. The predicted octanol–water partition coefficient (Wildman–Crippen LogP) is 3.59. The Morgan fingerprint density at radius 1 is 1.26 bits per heavy atom. The Bertz CT molecular complexity index is 402. The van der Waals surface area contributed by atoms with Gasteiger partial charge in [0, 0.05) is 19.2 Å². The molecule has 0 saturated heterocycles. The van der Waals surface area contributed by atoms with E-state index in [2.05, 4.69) is 22.5 Å². The van der Waals surface area contributed by atoms with Crippen molar-refractivity contribution in [2.75, 3.05) is 35.7 Å². The fraction of sp³-hybridized carbons (Fsp3) is 0.615. The average Bonchev–Trinajstić information content (AvgIpc) is 2.37. The first-order valence-corrected chi connectivity index (χ1v) is 7.80. The van der Waals surface area contributed by atoms with Crippen LogP contribution in [-0.2, 0) is 0 Å². The number of pyridine rings is 1. The lowest BCUT2D eigenvalue weighted by Crippen LogP contribution is -2.16. The summed E-state index contributed by atoms with van der Waals surface area (Å²) in [5, 5.41) is 5.78. The van der Waals surface area contributed by atoms with Crippen LogP contribution in [0.25, 0.3) is 0 Å². The van der Waals surface area contributed by atoms with Crippen molar-refractivity contribution in [3.63, 3.8) is 0 Å². The number of hydrogen-bond acceptors (Lipinski definition) is 4. The van der Waals surface area contributed by atoms with Crippen molar-refractivity contribution in [2.24, 2.45) is 5.92 Å². The summed E-state index contributed by atoms with van der Waals surface area (Å²) in [6, 6.07) is 0.868. The lowest BCUT2D eigenvalue weighted by Gasteiger charge is -2.14. The smallest absolute Gasteiger partial charge is 0.168 e. The topological polar surface area (TPSA) is 37.0 Å². The number of halogens is 2. The van der Waals surface area contributed by atoms with Crippen LogP contribution in [-0.4, -0.2) is 30.1 Å². The zero-order chi connectivity index (χ0) is 14.3. The maximum absolute atomic E-state index is 13.6. The molecule has 3 nitrogen and oxygen atoms in total. The monoisotopic (exact) mass is 289 g/mol. The minimum absolute atomic E-state index is 0.100. The molecule has 2 N–H and O–H groups in total. The molecule has 19 heavy (non-hydrogen) atoms. The number of aromatic nitrogens is 1. The summed E-state index contributed by atoms with van der Waals surface area (Å²) in [7, 11) is 0. The van der Waals surface area contributed by atoms with Gasteiger partial charge in [0.15, 0.2) is 23.3 Å². The molecule has 1 aromatic heterocycles.